The lowest BCUT2D eigenvalue weighted by Gasteiger charge is -2.41. The van der Waals surface area contributed by atoms with E-state index < -0.39 is 0 Å². The molecule has 0 unspecified atom stereocenters. The Hall–Kier alpha value is -1.79. The number of hydrogen-bond acceptors (Lipinski definition) is 4. The Kier molecular flexibility index (Phi) is 8.19. The van der Waals surface area contributed by atoms with Gasteiger partial charge in [-0.25, -0.2) is 0 Å². The van der Waals surface area contributed by atoms with Gasteiger partial charge in [0.05, 0.1) is 19.8 Å². The van der Waals surface area contributed by atoms with Gasteiger partial charge < -0.3 is 20.1 Å². The maximum atomic E-state index is 5.69. The number of morpholine rings is 1. The van der Waals surface area contributed by atoms with Gasteiger partial charge in [-0.05, 0) is 38.8 Å². The van der Waals surface area contributed by atoms with E-state index >= 15 is 0 Å². The molecule has 0 atom stereocenters. The molecule has 0 aliphatic carbocycles. The maximum Gasteiger partial charge on any atom is 0.191 e. The Bertz CT molecular complexity index is 569. The lowest BCUT2D eigenvalue weighted by Crippen LogP contribution is -2.56. The van der Waals surface area contributed by atoms with Gasteiger partial charge in [-0.3, -0.25) is 9.89 Å². The van der Waals surface area contributed by atoms with Crippen LogP contribution in [0.3, 0.4) is 0 Å². The lowest BCUT2D eigenvalue weighted by molar-refractivity contribution is -0.00833. The molecular formula is C20H34N4O2. The Morgan fingerprint density at radius 2 is 1.96 bits per heavy atom. The number of rotatable bonds is 8. The summed E-state index contributed by atoms with van der Waals surface area (Å²) in [4.78, 5) is 6.81. The fourth-order valence-electron chi connectivity index (χ4n) is 3.12. The number of hydrogen-bond donors (Lipinski definition) is 2. The smallest absolute Gasteiger partial charge is 0.191 e. The Morgan fingerprint density at radius 1 is 1.23 bits per heavy atom. The minimum absolute atomic E-state index is 0.0585. The van der Waals surface area contributed by atoms with E-state index in [1.165, 1.54) is 5.56 Å². The van der Waals surface area contributed by atoms with Gasteiger partial charge in [0.15, 0.2) is 5.96 Å². The monoisotopic (exact) mass is 362 g/mol. The summed E-state index contributed by atoms with van der Waals surface area (Å²) in [5.74, 6) is 1.80. The van der Waals surface area contributed by atoms with Crippen molar-refractivity contribution in [3.05, 3.63) is 29.8 Å². The summed E-state index contributed by atoms with van der Waals surface area (Å²) in [6.07, 6.45) is 0.893. The summed E-state index contributed by atoms with van der Waals surface area (Å²) >= 11 is 0. The molecule has 1 heterocycles. The van der Waals surface area contributed by atoms with E-state index in [0.29, 0.717) is 6.61 Å². The topological polar surface area (TPSA) is 58.1 Å². The van der Waals surface area contributed by atoms with E-state index in [0.717, 1.165) is 57.5 Å². The molecule has 1 aromatic carbocycles. The minimum Gasteiger partial charge on any atom is -0.494 e. The van der Waals surface area contributed by atoms with E-state index in [1.54, 1.807) is 0 Å². The highest BCUT2D eigenvalue weighted by Gasteiger charge is 2.28. The zero-order chi connectivity index (χ0) is 18.8. The van der Waals surface area contributed by atoms with Crippen LogP contribution in [0.15, 0.2) is 29.3 Å². The summed E-state index contributed by atoms with van der Waals surface area (Å²) < 4.78 is 11.1. The van der Waals surface area contributed by atoms with Crippen LogP contribution < -0.4 is 15.4 Å². The molecule has 1 aliphatic heterocycles. The summed E-state index contributed by atoms with van der Waals surface area (Å²) in [6.45, 7) is 12.5. The van der Waals surface area contributed by atoms with Crippen molar-refractivity contribution in [3.63, 3.8) is 0 Å². The number of nitrogens with zero attached hydrogens (tertiary/aromatic N) is 2. The Balaban J connectivity index is 1.79. The van der Waals surface area contributed by atoms with Crippen LogP contribution in [-0.4, -0.2) is 69.4 Å². The second kappa shape index (κ2) is 10.4. The van der Waals surface area contributed by atoms with Gasteiger partial charge in [-0.15, -0.1) is 0 Å². The molecule has 26 heavy (non-hydrogen) atoms. The molecule has 146 valence electrons. The van der Waals surface area contributed by atoms with E-state index in [4.69, 9.17) is 9.47 Å². The number of aliphatic imine (C=N–C) groups is 1. The van der Waals surface area contributed by atoms with Crippen LogP contribution in [0.4, 0.5) is 0 Å². The summed E-state index contributed by atoms with van der Waals surface area (Å²) in [5.41, 5.74) is 1.27. The highest BCUT2D eigenvalue weighted by molar-refractivity contribution is 5.79. The third kappa shape index (κ3) is 6.18. The van der Waals surface area contributed by atoms with E-state index in [2.05, 4.69) is 46.5 Å². The average Bonchev–Trinajstić information content (AvgIpc) is 2.66. The number of guanidine groups is 1. The molecule has 0 amide bonds. The molecule has 0 aromatic heterocycles. The van der Waals surface area contributed by atoms with Gasteiger partial charge in [0, 0.05) is 38.8 Å². The van der Waals surface area contributed by atoms with Crippen LogP contribution in [0.2, 0.25) is 0 Å². The molecule has 1 fully saturated rings. The van der Waals surface area contributed by atoms with Crippen molar-refractivity contribution in [1.82, 2.24) is 15.5 Å². The number of benzene rings is 1. The van der Waals surface area contributed by atoms with E-state index in [-0.39, 0.29) is 5.54 Å². The first-order valence-corrected chi connectivity index (χ1v) is 9.55. The van der Waals surface area contributed by atoms with E-state index in [9.17, 15) is 0 Å². The van der Waals surface area contributed by atoms with Crippen molar-refractivity contribution in [2.24, 2.45) is 4.99 Å². The molecule has 0 saturated carbocycles. The van der Waals surface area contributed by atoms with Crippen LogP contribution in [-0.2, 0) is 11.2 Å². The Labute approximate surface area is 158 Å². The standard InChI is InChI=1S/C20H34N4O2/c1-5-26-18-9-7-6-8-17(18)10-11-22-19(21-4)23-16-20(2,3)24-12-14-25-15-13-24/h6-9H,5,10-16H2,1-4H3,(H2,21,22,23). The molecule has 0 bridgehead atoms. The molecule has 1 saturated heterocycles. The van der Waals surface area contributed by atoms with Gasteiger partial charge in [-0.1, -0.05) is 18.2 Å². The van der Waals surface area contributed by atoms with Gasteiger partial charge in [-0.2, -0.15) is 0 Å². The van der Waals surface area contributed by atoms with E-state index in [1.807, 2.05) is 26.1 Å². The number of para-hydroxylation sites is 1. The van der Waals surface area contributed by atoms with Crippen molar-refractivity contribution in [2.45, 2.75) is 32.7 Å². The second-order valence-corrected chi connectivity index (χ2v) is 7.06. The summed E-state index contributed by atoms with van der Waals surface area (Å²) in [5, 5.41) is 6.86. The predicted molar refractivity (Wildman–Crippen MR) is 107 cm³/mol. The van der Waals surface area contributed by atoms with Gasteiger partial charge >= 0.3 is 0 Å². The maximum absolute atomic E-state index is 5.69. The van der Waals surface area contributed by atoms with Crippen molar-refractivity contribution in [3.8, 4) is 5.75 Å². The zero-order valence-electron chi connectivity index (χ0n) is 16.7. The van der Waals surface area contributed by atoms with Crippen LogP contribution in [0.5, 0.6) is 5.75 Å². The van der Waals surface area contributed by atoms with Crippen LogP contribution >= 0.6 is 0 Å². The molecule has 2 N–H and O–H groups in total. The van der Waals surface area contributed by atoms with Crippen LogP contribution in [0.1, 0.15) is 26.3 Å². The third-order valence-electron chi connectivity index (χ3n) is 4.74. The van der Waals surface area contributed by atoms with Gasteiger partial charge in [0.1, 0.15) is 5.75 Å². The predicted octanol–water partition coefficient (Wildman–Crippen LogP) is 1.90. The quantitative estimate of drug-likeness (QED) is 0.546. The van der Waals surface area contributed by atoms with Crippen molar-refractivity contribution in [1.29, 1.82) is 0 Å². The van der Waals surface area contributed by atoms with Gasteiger partial charge in [0.2, 0.25) is 0 Å². The lowest BCUT2D eigenvalue weighted by atomic mass is 10.0. The van der Waals surface area contributed by atoms with Crippen molar-refractivity contribution >= 4 is 5.96 Å². The fraction of sp³-hybridized carbons (Fsp3) is 0.650. The molecule has 1 aromatic rings. The highest BCUT2D eigenvalue weighted by atomic mass is 16.5. The normalized spacial score (nSPS) is 16.4. The van der Waals surface area contributed by atoms with Crippen LogP contribution in [0, 0.1) is 0 Å². The number of ether oxygens (including phenoxy) is 2. The molecule has 6 nitrogen and oxygen atoms in total. The molecule has 2 rings (SSSR count). The third-order valence-corrected chi connectivity index (χ3v) is 4.74. The van der Waals surface area contributed by atoms with Crippen LogP contribution in [0.25, 0.3) is 0 Å². The first kappa shape index (κ1) is 20.5. The van der Waals surface area contributed by atoms with Crippen molar-refractivity contribution in [2.75, 3.05) is 53.0 Å². The largest absolute Gasteiger partial charge is 0.494 e. The van der Waals surface area contributed by atoms with Crippen molar-refractivity contribution < 1.29 is 9.47 Å². The minimum atomic E-state index is 0.0585. The molecule has 0 spiro atoms. The average molecular weight is 363 g/mol. The Morgan fingerprint density at radius 3 is 2.65 bits per heavy atom. The zero-order valence-corrected chi connectivity index (χ0v) is 16.7. The molecule has 6 heteroatoms. The SMILES string of the molecule is CCOc1ccccc1CCNC(=NC)NCC(C)(C)N1CCOCC1. The highest BCUT2D eigenvalue weighted by Crippen LogP contribution is 2.18. The fourth-order valence-corrected chi connectivity index (χ4v) is 3.12. The molecule has 1 aliphatic rings. The summed E-state index contributed by atoms with van der Waals surface area (Å²) in [7, 11) is 1.81. The molecule has 0 radical (unpaired) electrons. The number of nitrogens with one attached hydrogen (secondary N) is 2. The first-order chi connectivity index (χ1) is 12.6. The molecular weight excluding hydrogens is 328 g/mol. The summed E-state index contributed by atoms with van der Waals surface area (Å²) in [6, 6.07) is 8.20. The first-order valence-electron chi connectivity index (χ1n) is 9.55. The van der Waals surface area contributed by atoms with Gasteiger partial charge in [0.25, 0.3) is 0 Å². The second-order valence-electron chi connectivity index (χ2n) is 7.06.